The molecule has 0 atom stereocenters. The number of anilines is 1. The summed E-state index contributed by atoms with van der Waals surface area (Å²) in [6, 6.07) is 13.0. The third-order valence-corrected chi connectivity index (χ3v) is 7.30. The number of aromatic nitrogens is 5. The van der Waals surface area contributed by atoms with E-state index in [1.54, 1.807) is 0 Å². The molecule has 0 aliphatic carbocycles. The van der Waals surface area contributed by atoms with Gasteiger partial charge in [0.15, 0.2) is 0 Å². The van der Waals surface area contributed by atoms with Gasteiger partial charge in [-0.3, -0.25) is 20.0 Å². The van der Waals surface area contributed by atoms with Crippen LogP contribution in [0, 0.1) is 6.92 Å². The zero-order valence-corrected chi connectivity index (χ0v) is 20.2. The Morgan fingerprint density at radius 2 is 1.80 bits per heavy atom. The van der Waals surface area contributed by atoms with E-state index in [0.29, 0.717) is 0 Å². The summed E-state index contributed by atoms with van der Waals surface area (Å²) < 4.78 is 0. The van der Waals surface area contributed by atoms with Crippen LogP contribution in [0.3, 0.4) is 0 Å². The van der Waals surface area contributed by atoms with Crippen LogP contribution in [-0.4, -0.2) is 75.4 Å². The molecule has 6 rings (SSSR count). The first-order valence-electron chi connectivity index (χ1n) is 12.7. The van der Waals surface area contributed by atoms with Crippen LogP contribution in [0.1, 0.15) is 25.0 Å². The SMILES string of the molecule is Cc1cccc(-c2[nH]ncc2-c2ccc3ncc(N4CCCN(C5CCNCC5)CC4)cc3n2)n1. The van der Waals surface area contributed by atoms with Gasteiger partial charge in [-0.15, -0.1) is 0 Å². The summed E-state index contributed by atoms with van der Waals surface area (Å²) in [5.74, 6) is 0. The van der Waals surface area contributed by atoms with E-state index >= 15 is 0 Å². The maximum Gasteiger partial charge on any atom is 0.0928 e. The van der Waals surface area contributed by atoms with Gasteiger partial charge in [0.25, 0.3) is 0 Å². The number of nitrogens with zero attached hydrogens (tertiary/aromatic N) is 6. The minimum absolute atomic E-state index is 0.724. The molecule has 2 N–H and O–H groups in total. The van der Waals surface area contributed by atoms with Crippen LogP contribution in [0.25, 0.3) is 33.7 Å². The van der Waals surface area contributed by atoms with Gasteiger partial charge in [-0.1, -0.05) is 6.07 Å². The monoisotopic (exact) mass is 468 g/mol. The van der Waals surface area contributed by atoms with Gasteiger partial charge in [0.2, 0.25) is 0 Å². The fraction of sp³-hybridized carbons (Fsp3) is 0.407. The van der Waals surface area contributed by atoms with E-state index < -0.39 is 0 Å². The largest absolute Gasteiger partial charge is 0.369 e. The Kier molecular flexibility index (Phi) is 6.14. The minimum Gasteiger partial charge on any atom is -0.369 e. The lowest BCUT2D eigenvalue weighted by Crippen LogP contribution is -2.44. The van der Waals surface area contributed by atoms with Crippen molar-refractivity contribution in [1.82, 2.24) is 35.4 Å². The van der Waals surface area contributed by atoms with Crippen molar-refractivity contribution in [1.29, 1.82) is 0 Å². The van der Waals surface area contributed by atoms with Crippen LogP contribution < -0.4 is 10.2 Å². The highest BCUT2D eigenvalue weighted by Gasteiger charge is 2.24. The summed E-state index contributed by atoms with van der Waals surface area (Å²) in [7, 11) is 0. The molecule has 2 aliphatic rings. The lowest BCUT2D eigenvalue weighted by atomic mass is 10.0. The molecule has 6 heterocycles. The van der Waals surface area contributed by atoms with Crippen molar-refractivity contribution in [2.75, 3.05) is 44.2 Å². The predicted molar refractivity (Wildman–Crippen MR) is 139 cm³/mol. The Labute approximate surface area is 205 Å². The third kappa shape index (κ3) is 4.63. The van der Waals surface area contributed by atoms with E-state index in [0.717, 1.165) is 83.8 Å². The van der Waals surface area contributed by atoms with Crippen LogP contribution in [0.15, 0.2) is 48.8 Å². The summed E-state index contributed by atoms with van der Waals surface area (Å²) in [5, 5.41) is 10.9. The third-order valence-electron chi connectivity index (χ3n) is 7.30. The Morgan fingerprint density at radius 3 is 2.69 bits per heavy atom. The van der Waals surface area contributed by atoms with Crippen molar-refractivity contribution in [3.8, 4) is 22.6 Å². The van der Waals surface area contributed by atoms with E-state index in [4.69, 9.17) is 9.97 Å². The quantitative estimate of drug-likeness (QED) is 0.473. The Morgan fingerprint density at radius 1 is 0.886 bits per heavy atom. The normalized spacial score (nSPS) is 18.1. The molecule has 8 nitrogen and oxygen atoms in total. The summed E-state index contributed by atoms with van der Waals surface area (Å²) in [4.78, 5) is 19.6. The van der Waals surface area contributed by atoms with Gasteiger partial charge < -0.3 is 10.2 Å². The molecule has 180 valence electrons. The van der Waals surface area contributed by atoms with Crippen molar-refractivity contribution < 1.29 is 0 Å². The van der Waals surface area contributed by atoms with Gasteiger partial charge >= 0.3 is 0 Å². The second-order valence-electron chi connectivity index (χ2n) is 9.61. The second-order valence-corrected chi connectivity index (χ2v) is 9.61. The van der Waals surface area contributed by atoms with Crippen molar-refractivity contribution in [2.24, 2.45) is 0 Å². The molecule has 0 saturated carbocycles. The second kappa shape index (κ2) is 9.71. The molecular weight excluding hydrogens is 436 g/mol. The molecule has 4 aromatic rings. The molecule has 0 amide bonds. The molecule has 0 unspecified atom stereocenters. The van der Waals surface area contributed by atoms with Crippen LogP contribution in [-0.2, 0) is 0 Å². The molecule has 0 spiro atoms. The van der Waals surface area contributed by atoms with Crippen molar-refractivity contribution >= 4 is 16.7 Å². The summed E-state index contributed by atoms with van der Waals surface area (Å²) in [6.45, 7) is 8.66. The number of piperidine rings is 1. The van der Waals surface area contributed by atoms with E-state index in [2.05, 4.69) is 36.4 Å². The van der Waals surface area contributed by atoms with Crippen molar-refractivity contribution in [2.45, 2.75) is 32.2 Å². The molecule has 2 fully saturated rings. The molecule has 0 aromatic carbocycles. The number of fused-ring (bicyclic) bond motifs is 1. The maximum atomic E-state index is 5.00. The maximum absolute atomic E-state index is 5.00. The summed E-state index contributed by atoms with van der Waals surface area (Å²) in [5.41, 5.74) is 7.51. The van der Waals surface area contributed by atoms with E-state index in [1.807, 2.05) is 49.6 Å². The first kappa shape index (κ1) is 22.1. The molecule has 2 aliphatic heterocycles. The molecule has 35 heavy (non-hydrogen) atoms. The zero-order chi connectivity index (χ0) is 23.6. The summed E-state index contributed by atoms with van der Waals surface area (Å²) >= 11 is 0. The van der Waals surface area contributed by atoms with Crippen molar-refractivity contribution in [3.63, 3.8) is 0 Å². The molecule has 0 bridgehead atoms. The number of rotatable bonds is 4. The van der Waals surface area contributed by atoms with E-state index in [-0.39, 0.29) is 0 Å². The Balaban J connectivity index is 1.26. The van der Waals surface area contributed by atoms with Crippen LogP contribution in [0.2, 0.25) is 0 Å². The lowest BCUT2D eigenvalue weighted by Gasteiger charge is -2.33. The van der Waals surface area contributed by atoms with E-state index in [9.17, 15) is 0 Å². The van der Waals surface area contributed by atoms with Crippen LogP contribution in [0.4, 0.5) is 5.69 Å². The average molecular weight is 469 g/mol. The summed E-state index contributed by atoms with van der Waals surface area (Å²) in [6.07, 6.45) is 7.53. The Hall–Kier alpha value is -3.36. The minimum atomic E-state index is 0.724. The standard InChI is InChI=1S/C27H32N8/c1-19-4-2-5-25(31-19)27-22(18-30-33-27)23-6-7-24-26(32-23)16-21(17-29-24)35-13-3-12-34(14-15-35)20-8-10-28-11-9-20/h2,4-7,16-18,20,28H,3,8-15H2,1H3,(H,30,33). The average Bonchev–Trinajstić information content (AvgIpc) is 3.26. The Bertz CT molecular complexity index is 1310. The first-order valence-corrected chi connectivity index (χ1v) is 12.7. The highest BCUT2D eigenvalue weighted by molar-refractivity contribution is 5.84. The van der Waals surface area contributed by atoms with E-state index in [1.165, 1.54) is 25.8 Å². The first-order chi connectivity index (χ1) is 17.2. The fourth-order valence-corrected chi connectivity index (χ4v) is 5.41. The topological polar surface area (TPSA) is 85.9 Å². The number of hydrogen-bond acceptors (Lipinski definition) is 7. The number of aromatic amines is 1. The van der Waals surface area contributed by atoms with Gasteiger partial charge in [0, 0.05) is 43.5 Å². The lowest BCUT2D eigenvalue weighted by molar-refractivity contribution is 0.173. The van der Waals surface area contributed by atoms with Crippen LogP contribution in [0.5, 0.6) is 0 Å². The predicted octanol–water partition coefficient (Wildman–Crippen LogP) is 3.65. The number of H-pyrrole nitrogens is 1. The molecule has 2 saturated heterocycles. The fourth-order valence-electron chi connectivity index (χ4n) is 5.41. The molecule has 0 radical (unpaired) electrons. The molecule has 8 heteroatoms. The number of nitrogens with one attached hydrogen (secondary N) is 2. The number of aryl methyl sites for hydroxylation is 1. The molecule has 4 aromatic heterocycles. The van der Waals surface area contributed by atoms with Crippen LogP contribution >= 0.6 is 0 Å². The number of pyridine rings is 3. The zero-order valence-electron chi connectivity index (χ0n) is 20.2. The van der Waals surface area contributed by atoms with Gasteiger partial charge in [0.05, 0.1) is 46.2 Å². The number of hydrogen-bond donors (Lipinski definition) is 2. The van der Waals surface area contributed by atoms with Gasteiger partial charge in [-0.2, -0.15) is 5.10 Å². The van der Waals surface area contributed by atoms with Crippen molar-refractivity contribution in [3.05, 3.63) is 54.5 Å². The van der Waals surface area contributed by atoms with Gasteiger partial charge in [-0.25, -0.2) is 4.98 Å². The molecular formula is C27H32N8. The highest BCUT2D eigenvalue weighted by atomic mass is 15.2. The van der Waals surface area contributed by atoms with Gasteiger partial charge in [0.1, 0.15) is 0 Å². The highest BCUT2D eigenvalue weighted by Crippen LogP contribution is 2.30. The van der Waals surface area contributed by atoms with Gasteiger partial charge in [-0.05, 0) is 69.6 Å². The smallest absolute Gasteiger partial charge is 0.0928 e.